The standard InChI is InChI=1S/C8H18O2Si/c1-5-9-8(4,7(3)11)10-6-2/h3,5-6H2,1-2,4,11H3. The maximum atomic E-state index is 5.44. The lowest BCUT2D eigenvalue weighted by molar-refractivity contribution is -0.189. The third-order valence-corrected chi connectivity index (χ3v) is 2.52. The molecule has 0 aromatic carbocycles. The molecule has 3 heteroatoms. The van der Waals surface area contributed by atoms with Crippen LogP contribution in [0.3, 0.4) is 0 Å². The zero-order chi connectivity index (χ0) is 8.91. The maximum absolute atomic E-state index is 5.44. The molecule has 66 valence electrons. The lowest BCUT2D eigenvalue weighted by atomic mass is 10.3. The average Bonchev–Trinajstić information content (AvgIpc) is 1.88. The van der Waals surface area contributed by atoms with Gasteiger partial charge in [-0.3, -0.25) is 0 Å². The van der Waals surface area contributed by atoms with Gasteiger partial charge in [0.15, 0.2) is 5.79 Å². The average molecular weight is 174 g/mol. The van der Waals surface area contributed by atoms with Crippen LogP contribution >= 0.6 is 0 Å². The fourth-order valence-electron chi connectivity index (χ4n) is 0.839. The maximum Gasteiger partial charge on any atom is 0.183 e. The minimum Gasteiger partial charge on any atom is -0.347 e. The highest BCUT2D eigenvalue weighted by Crippen LogP contribution is 2.18. The number of hydrogen-bond donors (Lipinski definition) is 0. The Hall–Kier alpha value is -0.123. The molecule has 0 aromatic heterocycles. The van der Waals surface area contributed by atoms with E-state index in [0.29, 0.717) is 13.2 Å². The topological polar surface area (TPSA) is 18.5 Å². The summed E-state index contributed by atoms with van der Waals surface area (Å²) in [5.41, 5.74) is 0. The summed E-state index contributed by atoms with van der Waals surface area (Å²) < 4.78 is 10.9. The van der Waals surface area contributed by atoms with Gasteiger partial charge in [-0.15, -0.1) is 0 Å². The first-order chi connectivity index (χ1) is 5.06. The molecule has 0 bridgehead atoms. The van der Waals surface area contributed by atoms with Gasteiger partial charge in [0.2, 0.25) is 0 Å². The van der Waals surface area contributed by atoms with E-state index in [9.17, 15) is 0 Å². The van der Waals surface area contributed by atoms with Gasteiger partial charge in [0.05, 0.1) is 0 Å². The van der Waals surface area contributed by atoms with Crippen molar-refractivity contribution in [3.05, 3.63) is 11.8 Å². The van der Waals surface area contributed by atoms with E-state index in [1.807, 2.05) is 20.8 Å². The van der Waals surface area contributed by atoms with E-state index < -0.39 is 5.79 Å². The lowest BCUT2D eigenvalue weighted by Gasteiger charge is -2.29. The predicted molar refractivity (Wildman–Crippen MR) is 50.7 cm³/mol. The largest absolute Gasteiger partial charge is 0.347 e. The molecule has 0 saturated heterocycles. The fraction of sp³-hybridized carbons (Fsp3) is 0.750. The normalized spacial score (nSPS) is 11.9. The van der Waals surface area contributed by atoms with Crippen molar-refractivity contribution in [1.29, 1.82) is 0 Å². The second-order valence-corrected chi connectivity index (χ2v) is 3.80. The van der Waals surface area contributed by atoms with Gasteiger partial charge < -0.3 is 9.47 Å². The Bertz CT molecular complexity index is 128. The summed E-state index contributed by atoms with van der Waals surface area (Å²) in [6.45, 7) is 11.1. The minimum absolute atomic E-state index is 0.532. The summed E-state index contributed by atoms with van der Waals surface area (Å²) in [5, 5.41) is 1.04. The van der Waals surface area contributed by atoms with Crippen molar-refractivity contribution in [2.45, 2.75) is 26.6 Å². The second-order valence-electron chi connectivity index (χ2n) is 2.59. The van der Waals surface area contributed by atoms with Gasteiger partial charge in [-0.2, -0.15) is 0 Å². The molecule has 11 heavy (non-hydrogen) atoms. The summed E-state index contributed by atoms with van der Waals surface area (Å²) in [6.07, 6.45) is 0. The van der Waals surface area contributed by atoms with Crippen LogP contribution in [0.2, 0.25) is 0 Å². The Balaban J connectivity index is 4.13. The van der Waals surface area contributed by atoms with Crippen LogP contribution in [0.25, 0.3) is 0 Å². The number of ether oxygens (including phenoxy) is 2. The lowest BCUT2D eigenvalue weighted by Crippen LogP contribution is -2.34. The van der Waals surface area contributed by atoms with Gasteiger partial charge in [0.1, 0.15) is 0 Å². The third-order valence-electron chi connectivity index (χ3n) is 1.61. The highest BCUT2D eigenvalue weighted by molar-refractivity contribution is 6.22. The van der Waals surface area contributed by atoms with Gasteiger partial charge in [-0.25, -0.2) is 0 Å². The summed E-state index contributed by atoms with van der Waals surface area (Å²) in [4.78, 5) is 0. The van der Waals surface area contributed by atoms with Gasteiger partial charge >= 0.3 is 0 Å². The molecule has 0 aliphatic heterocycles. The van der Waals surface area contributed by atoms with Gasteiger partial charge in [0, 0.05) is 23.5 Å². The molecule has 0 aliphatic rings. The quantitative estimate of drug-likeness (QED) is 0.450. The molecule has 0 atom stereocenters. The van der Waals surface area contributed by atoms with Crippen LogP contribution in [-0.2, 0) is 9.47 Å². The molecule has 0 amide bonds. The highest BCUT2D eigenvalue weighted by atomic mass is 28.1. The molecule has 2 nitrogen and oxygen atoms in total. The van der Waals surface area contributed by atoms with Crippen molar-refractivity contribution in [1.82, 2.24) is 0 Å². The van der Waals surface area contributed by atoms with E-state index in [2.05, 4.69) is 6.58 Å². The van der Waals surface area contributed by atoms with E-state index in [1.165, 1.54) is 0 Å². The molecule has 0 radical (unpaired) electrons. The fourth-order valence-corrected chi connectivity index (χ4v) is 1.13. The molecule has 0 aromatic rings. The molecule has 0 heterocycles. The van der Waals surface area contributed by atoms with E-state index in [1.54, 1.807) is 0 Å². The van der Waals surface area contributed by atoms with Crippen LogP contribution in [0.15, 0.2) is 11.8 Å². The SMILES string of the molecule is C=C([SiH3])C(C)(OCC)OCC. The Morgan fingerprint density at radius 2 is 1.73 bits per heavy atom. The predicted octanol–water partition coefficient (Wildman–Crippen LogP) is 0.655. The Morgan fingerprint density at radius 3 is 1.91 bits per heavy atom. The number of hydrogen-bond acceptors (Lipinski definition) is 2. The second kappa shape index (κ2) is 4.69. The molecule has 0 aliphatic carbocycles. The smallest absolute Gasteiger partial charge is 0.183 e. The molecular weight excluding hydrogens is 156 g/mol. The van der Waals surface area contributed by atoms with Crippen LogP contribution in [0.1, 0.15) is 20.8 Å². The van der Waals surface area contributed by atoms with Gasteiger partial charge in [-0.05, 0) is 26.0 Å². The first kappa shape index (κ1) is 10.9. The first-order valence-electron chi connectivity index (χ1n) is 4.00. The molecule has 0 fully saturated rings. The van der Waals surface area contributed by atoms with Crippen molar-refractivity contribution < 1.29 is 9.47 Å². The Kier molecular flexibility index (Phi) is 4.64. The van der Waals surface area contributed by atoms with Crippen molar-refractivity contribution in [3.8, 4) is 0 Å². The molecule has 0 spiro atoms. The van der Waals surface area contributed by atoms with E-state index in [-0.39, 0.29) is 0 Å². The molecule has 0 saturated carbocycles. The van der Waals surface area contributed by atoms with E-state index in [0.717, 1.165) is 15.4 Å². The van der Waals surface area contributed by atoms with Crippen LogP contribution < -0.4 is 0 Å². The van der Waals surface area contributed by atoms with Crippen molar-refractivity contribution in [3.63, 3.8) is 0 Å². The molecular formula is C8H18O2Si. The van der Waals surface area contributed by atoms with Crippen LogP contribution in [-0.4, -0.2) is 29.2 Å². The summed E-state index contributed by atoms with van der Waals surface area (Å²) >= 11 is 0. The van der Waals surface area contributed by atoms with Gasteiger partial charge in [0.25, 0.3) is 0 Å². The van der Waals surface area contributed by atoms with E-state index >= 15 is 0 Å². The molecule has 0 unspecified atom stereocenters. The Labute approximate surface area is 72.0 Å². The monoisotopic (exact) mass is 174 g/mol. The van der Waals surface area contributed by atoms with Crippen LogP contribution in [0.5, 0.6) is 0 Å². The summed E-state index contributed by atoms with van der Waals surface area (Å²) in [6, 6.07) is 0. The molecule has 0 N–H and O–H groups in total. The number of rotatable bonds is 5. The third kappa shape index (κ3) is 3.18. The summed E-state index contributed by atoms with van der Waals surface area (Å²) in [7, 11) is 0.911. The van der Waals surface area contributed by atoms with E-state index in [4.69, 9.17) is 9.47 Å². The van der Waals surface area contributed by atoms with Gasteiger partial charge in [-0.1, -0.05) is 6.58 Å². The van der Waals surface area contributed by atoms with Crippen molar-refractivity contribution in [2.24, 2.45) is 0 Å². The highest BCUT2D eigenvalue weighted by Gasteiger charge is 2.24. The Morgan fingerprint density at radius 1 is 1.36 bits per heavy atom. The molecule has 0 rings (SSSR count). The summed E-state index contributed by atoms with van der Waals surface area (Å²) in [5.74, 6) is -0.532. The van der Waals surface area contributed by atoms with Crippen LogP contribution in [0, 0.1) is 0 Å². The first-order valence-corrected chi connectivity index (χ1v) is 5.00. The zero-order valence-corrected chi connectivity index (χ0v) is 9.94. The minimum atomic E-state index is -0.532. The van der Waals surface area contributed by atoms with Crippen LogP contribution in [0.4, 0.5) is 0 Å². The van der Waals surface area contributed by atoms with Crippen molar-refractivity contribution in [2.75, 3.05) is 13.2 Å². The van der Waals surface area contributed by atoms with Crippen molar-refractivity contribution >= 4 is 10.2 Å². The zero-order valence-electron chi connectivity index (χ0n) is 7.94.